The van der Waals surface area contributed by atoms with Crippen LogP contribution in [0.3, 0.4) is 0 Å². The average Bonchev–Trinajstić information content (AvgIpc) is 3.52. The van der Waals surface area contributed by atoms with E-state index in [1.54, 1.807) is 17.6 Å². The summed E-state index contributed by atoms with van der Waals surface area (Å²) in [5.41, 5.74) is 9.96. The van der Waals surface area contributed by atoms with Crippen molar-refractivity contribution in [1.82, 2.24) is 0 Å². The van der Waals surface area contributed by atoms with Crippen molar-refractivity contribution in [2.24, 2.45) is 10.7 Å². The highest BCUT2D eigenvalue weighted by Gasteiger charge is 2.45. The number of nitrogens with two attached hydrogens (primary N) is 1. The summed E-state index contributed by atoms with van der Waals surface area (Å²) in [5, 5.41) is 12.2. The number of hydrogen-bond acceptors (Lipinski definition) is 7. The van der Waals surface area contributed by atoms with Gasteiger partial charge in [-0.1, -0.05) is 18.2 Å². The number of benzene rings is 1. The molecular weight excluding hydrogens is 420 g/mol. The first-order valence-corrected chi connectivity index (χ1v) is 11.3. The maximum atomic E-state index is 13.6. The van der Waals surface area contributed by atoms with E-state index in [1.807, 2.05) is 58.8 Å². The lowest BCUT2D eigenvalue weighted by Crippen LogP contribution is -2.40. The third-order valence-corrected chi connectivity index (χ3v) is 7.26. The molecule has 7 heteroatoms. The highest BCUT2D eigenvalue weighted by atomic mass is 32.1. The molecule has 0 amide bonds. The molecule has 2 aliphatic heterocycles. The molecule has 3 aliphatic rings. The second-order valence-electron chi connectivity index (χ2n) is 8.05. The molecule has 6 nitrogen and oxygen atoms in total. The van der Waals surface area contributed by atoms with E-state index < -0.39 is 5.92 Å². The van der Waals surface area contributed by atoms with Crippen LogP contribution < -0.4 is 10.6 Å². The molecule has 2 N–H and O–H groups in total. The number of ketones is 1. The van der Waals surface area contributed by atoms with Crippen LogP contribution in [0, 0.1) is 11.3 Å². The lowest BCUT2D eigenvalue weighted by atomic mass is 9.74. The number of hydrogen-bond donors (Lipinski definition) is 1. The molecule has 32 heavy (non-hydrogen) atoms. The largest absolute Gasteiger partial charge is 0.469 e. The first-order chi connectivity index (χ1) is 15.7. The number of rotatable bonds is 2. The van der Waals surface area contributed by atoms with Crippen LogP contribution in [0.2, 0.25) is 0 Å². The summed E-state index contributed by atoms with van der Waals surface area (Å²) in [6.07, 6.45) is 2.60. The summed E-state index contributed by atoms with van der Waals surface area (Å²) < 4.78 is 5.66. The van der Waals surface area contributed by atoms with E-state index in [0.717, 1.165) is 27.6 Å². The smallest absolute Gasteiger partial charge is 0.162 e. The van der Waals surface area contributed by atoms with Gasteiger partial charge in [0.15, 0.2) is 11.6 Å². The molecule has 0 spiro atoms. The van der Waals surface area contributed by atoms with Gasteiger partial charge in [-0.3, -0.25) is 9.69 Å². The lowest BCUT2D eigenvalue weighted by molar-refractivity contribution is -0.116. The van der Waals surface area contributed by atoms with Crippen LogP contribution in [-0.2, 0) is 4.79 Å². The molecule has 156 valence electrons. The molecule has 3 aromatic rings. The predicted molar refractivity (Wildman–Crippen MR) is 122 cm³/mol. The summed E-state index contributed by atoms with van der Waals surface area (Å²) in [6, 6.07) is 17.8. The average molecular weight is 439 g/mol. The Labute approximate surface area is 188 Å². The van der Waals surface area contributed by atoms with Gasteiger partial charge in [0.1, 0.15) is 11.6 Å². The van der Waals surface area contributed by atoms with Crippen molar-refractivity contribution in [2.75, 3.05) is 4.90 Å². The zero-order valence-electron chi connectivity index (χ0n) is 17.0. The fourth-order valence-corrected chi connectivity index (χ4v) is 5.82. The Morgan fingerprint density at radius 3 is 2.78 bits per heavy atom. The van der Waals surface area contributed by atoms with E-state index in [0.29, 0.717) is 35.6 Å². The fourth-order valence-electron chi connectivity index (χ4n) is 4.98. The minimum atomic E-state index is -0.437. The second kappa shape index (κ2) is 7.08. The SMILES string of the molecule is N#CC1=C2N=C(N)c3ccccc3N2C2=C(C(=O)C[C@H](c3ccco3)C2)[C@@H]1c1cccs1. The topological polar surface area (TPSA) is 95.6 Å². The maximum Gasteiger partial charge on any atom is 0.162 e. The number of allylic oxidation sites excluding steroid dienone is 3. The Balaban J connectivity index is 1.63. The Morgan fingerprint density at radius 1 is 1.16 bits per heavy atom. The zero-order valence-corrected chi connectivity index (χ0v) is 17.8. The summed E-state index contributed by atoms with van der Waals surface area (Å²) in [5.74, 6) is 1.21. The van der Waals surface area contributed by atoms with Gasteiger partial charge in [0.05, 0.1) is 29.5 Å². The molecule has 0 saturated carbocycles. The number of thiophene rings is 1. The van der Waals surface area contributed by atoms with Gasteiger partial charge in [0, 0.05) is 34.0 Å². The van der Waals surface area contributed by atoms with Gasteiger partial charge in [-0.2, -0.15) is 5.26 Å². The number of nitriles is 1. The molecule has 0 unspecified atom stereocenters. The predicted octanol–water partition coefficient (Wildman–Crippen LogP) is 4.80. The molecule has 0 bridgehead atoms. The highest BCUT2D eigenvalue weighted by molar-refractivity contribution is 7.10. The van der Waals surface area contributed by atoms with E-state index in [4.69, 9.17) is 10.2 Å². The van der Waals surface area contributed by atoms with Gasteiger partial charge in [0.25, 0.3) is 0 Å². The van der Waals surface area contributed by atoms with Crippen LogP contribution in [0.1, 0.15) is 40.9 Å². The third-order valence-electron chi connectivity index (χ3n) is 6.32. The number of amidine groups is 1. The van der Waals surface area contributed by atoms with E-state index in [1.165, 1.54) is 0 Å². The van der Waals surface area contributed by atoms with Crippen LogP contribution in [-0.4, -0.2) is 11.6 Å². The molecule has 2 atom stereocenters. The number of carbonyl (C=O) groups is 1. The zero-order chi connectivity index (χ0) is 21.8. The van der Waals surface area contributed by atoms with Gasteiger partial charge in [-0.15, -0.1) is 11.3 Å². The minimum Gasteiger partial charge on any atom is -0.469 e. The highest BCUT2D eigenvalue weighted by Crippen LogP contribution is 2.52. The van der Waals surface area contributed by atoms with E-state index in [9.17, 15) is 10.1 Å². The molecular formula is C25H18N4O2S. The minimum absolute atomic E-state index is 0.0397. The van der Waals surface area contributed by atoms with Gasteiger partial charge in [-0.05, 0) is 42.1 Å². The normalized spacial score (nSPS) is 22.2. The summed E-state index contributed by atoms with van der Waals surface area (Å²) in [7, 11) is 0. The van der Waals surface area contributed by atoms with Crippen LogP contribution in [0.15, 0.2) is 92.2 Å². The van der Waals surface area contributed by atoms with Crippen molar-refractivity contribution in [3.8, 4) is 6.07 Å². The molecule has 6 rings (SSSR count). The quantitative estimate of drug-likeness (QED) is 0.620. The Hall–Kier alpha value is -3.89. The van der Waals surface area contributed by atoms with Crippen molar-refractivity contribution < 1.29 is 9.21 Å². The number of Topliss-reactive ketones (excluding diaryl/α,β-unsaturated/α-hetero) is 1. The summed E-state index contributed by atoms with van der Waals surface area (Å²) in [6.45, 7) is 0. The fraction of sp³-hybridized carbons (Fsp3) is 0.160. The van der Waals surface area contributed by atoms with E-state index >= 15 is 0 Å². The molecule has 1 aliphatic carbocycles. The summed E-state index contributed by atoms with van der Waals surface area (Å²) >= 11 is 1.54. The summed E-state index contributed by atoms with van der Waals surface area (Å²) in [4.78, 5) is 21.2. The van der Waals surface area contributed by atoms with Gasteiger partial charge in [-0.25, -0.2) is 4.99 Å². The second-order valence-corrected chi connectivity index (χ2v) is 9.03. The van der Waals surface area contributed by atoms with Crippen LogP contribution in [0.25, 0.3) is 0 Å². The van der Waals surface area contributed by atoms with Crippen molar-refractivity contribution in [3.63, 3.8) is 0 Å². The van der Waals surface area contributed by atoms with Gasteiger partial charge in [0.2, 0.25) is 0 Å². The van der Waals surface area contributed by atoms with Crippen LogP contribution in [0.5, 0.6) is 0 Å². The molecule has 1 aromatic carbocycles. The molecule has 2 aromatic heterocycles. The number of nitrogens with zero attached hydrogens (tertiary/aromatic N) is 3. The maximum absolute atomic E-state index is 13.6. The molecule has 4 heterocycles. The third kappa shape index (κ3) is 2.63. The van der Waals surface area contributed by atoms with E-state index in [-0.39, 0.29) is 11.7 Å². The van der Waals surface area contributed by atoms with Crippen molar-refractivity contribution in [2.45, 2.75) is 24.7 Å². The Bertz CT molecular complexity index is 1370. The van der Waals surface area contributed by atoms with Crippen molar-refractivity contribution in [1.29, 1.82) is 5.26 Å². The Morgan fingerprint density at radius 2 is 2.03 bits per heavy atom. The van der Waals surface area contributed by atoms with E-state index in [2.05, 4.69) is 11.1 Å². The molecule has 0 saturated heterocycles. The number of fused-ring (bicyclic) bond motifs is 4. The monoisotopic (exact) mass is 438 g/mol. The van der Waals surface area contributed by atoms with Gasteiger partial charge < -0.3 is 10.2 Å². The van der Waals surface area contributed by atoms with Crippen molar-refractivity contribution >= 4 is 28.6 Å². The number of carbonyl (C=O) groups excluding carboxylic acids is 1. The van der Waals surface area contributed by atoms with Crippen LogP contribution in [0.4, 0.5) is 5.69 Å². The van der Waals surface area contributed by atoms with Gasteiger partial charge >= 0.3 is 0 Å². The lowest BCUT2D eigenvalue weighted by Gasteiger charge is -2.42. The number of aliphatic imine (C=N–C) groups is 1. The number of anilines is 1. The first-order valence-electron chi connectivity index (χ1n) is 10.4. The first kappa shape index (κ1) is 18.8. The number of furan rings is 1. The van der Waals surface area contributed by atoms with Crippen LogP contribution >= 0.6 is 11.3 Å². The standard InChI is InChI=1S/C25H18N4O2S/c26-13-16-22(21-8-4-10-32-21)23-18(11-14(12-19(23)30)20-7-3-9-31-20)29-17-6-2-1-5-15(17)24(27)28-25(16)29/h1-10,14,22H,11-12H2,(H2,27,28)/t14-,22+/m1/s1. The van der Waals surface area contributed by atoms with Crippen molar-refractivity contribution in [3.05, 3.63) is 99.0 Å². The number of para-hydroxylation sites is 1. The Kier molecular flexibility index (Phi) is 4.17. The molecule has 0 fully saturated rings. The molecule has 0 radical (unpaired) electrons.